The van der Waals surface area contributed by atoms with Crippen molar-refractivity contribution in [1.82, 2.24) is 4.98 Å². The molecule has 1 heterocycles. The van der Waals surface area contributed by atoms with Crippen LogP contribution in [0.5, 0.6) is 5.75 Å². The lowest BCUT2D eigenvalue weighted by atomic mass is 10.2. The van der Waals surface area contributed by atoms with E-state index in [-0.39, 0.29) is 0 Å². The quantitative estimate of drug-likeness (QED) is 0.725. The number of aromatic nitrogens is 1. The van der Waals surface area contributed by atoms with Crippen LogP contribution in [0.15, 0.2) is 18.3 Å². The first kappa shape index (κ1) is 9.00. The van der Waals surface area contributed by atoms with E-state index >= 15 is 0 Å². The minimum absolute atomic E-state index is 0.716. The SMILES string of the molecule is COc1ccc(CCCN)nc1. The van der Waals surface area contributed by atoms with Crippen LogP contribution in [0.4, 0.5) is 0 Å². The molecule has 0 aliphatic heterocycles. The van der Waals surface area contributed by atoms with Gasteiger partial charge in [-0.2, -0.15) is 0 Å². The van der Waals surface area contributed by atoms with Crippen molar-refractivity contribution >= 4 is 0 Å². The van der Waals surface area contributed by atoms with E-state index in [1.54, 1.807) is 13.3 Å². The predicted molar refractivity (Wildman–Crippen MR) is 48.2 cm³/mol. The maximum absolute atomic E-state index is 5.38. The number of aryl methyl sites for hydroxylation is 1. The first-order valence-electron chi connectivity index (χ1n) is 4.06. The van der Waals surface area contributed by atoms with Gasteiger partial charge >= 0.3 is 0 Å². The number of rotatable bonds is 4. The molecule has 0 unspecified atom stereocenters. The number of ether oxygens (including phenoxy) is 1. The van der Waals surface area contributed by atoms with Crippen molar-refractivity contribution in [2.75, 3.05) is 13.7 Å². The molecule has 1 aromatic heterocycles. The molecule has 0 bridgehead atoms. The molecule has 0 atom stereocenters. The van der Waals surface area contributed by atoms with Gasteiger partial charge in [-0.3, -0.25) is 4.98 Å². The summed E-state index contributed by atoms with van der Waals surface area (Å²) >= 11 is 0. The van der Waals surface area contributed by atoms with Gasteiger partial charge in [-0.15, -0.1) is 0 Å². The van der Waals surface area contributed by atoms with E-state index in [4.69, 9.17) is 10.5 Å². The van der Waals surface area contributed by atoms with Gasteiger partial charge < -0.3 is 10.5 Å². The minimum Gasteiger partial charge on any atom is -0.495 e. The van der Waals surface area contributed by atoms with E-state index in [2.05, 4.69) is 4.98 Å². The summed E-state index contributed by atoms with van der Waals surface area (Å²) in [5.74, 6) is 0.798. The van der Waals surface area contributed by atoms with E-state index in [9.17, 15) is 0 Å². The van der Waals surface area contributed by atoms with Crippen molar-refractivity contribution in [2.24, 2.45) is 5.73 Å². The summed E-state index contributed by atoms with van der Waals surface area (Å²) in [6.45, 7) is 0.716. The number of hydrogen-bond acceptors (Lipinski definition) is 3. The van der Waals surface area contributed by atoms with Gasteiger partial charge in [0, 0.05) is 5.69 Å². The van der Waals surface area contributed by atoms with Crippen molar-refractivity contribution in [1.29, 1.82) is 0 Å². The van der Waals surface area contributed by atoms with Crippen molar-refractivity contribution in [2.45, 2.75) is 12.8 Å². The second-order valence-corrected chi connectivity index (χ2v) is 2.58. The third-order valence-corrected chi connectivity index (χ3v) is 1.67. The second kappa shape index (κ2) is 4.72. The molecule has 0 saturated heterocycles. The molecule has 0 fully saturated rings. The highest BCUT2D eigenvalue weighted by atomic mass is 16.5. The maximum Gasteiger partial charge on any atom is 0.137 e. The van der Waals surface area contributed by atoms with Gasteiger partial charge in [-0.1, -0.05) is 0 Å². The Morgan fingerprint density at radius 3 is 2.83 bits per heavy atom. The van der Waals surface area contributed by atoms with Crippen molar-refractivity contribution < 1.29 is 4.74 Å². The number of methoxy groups -OCH3 is 1. The van der Waals surface area contributed by atoms with Gasteiger partial charge in [0.25, 0.3) is 0 Å². The Balaban J connectivity index is 2.53. The highest BCUT2D eigenvalue weighted by molar-refractivity contribution is 5.19. The average Bonchev–Trinajstić information content (AvgIpc) is 2.15. The zero-order chi connectivity index (χ0) is 8.81. The summed E-state index contributed by atoms with van der Waals surface area (Å²) < 4.78 is 4.99. The molecule has 3 nitrogen and oxygen atoms in total. The normalized spacial score (nSPS) is 9.83. The predicted octanol–water partition coefficient (Wildman–Crippen LogP) is 0.982. The first-order valence-corrected chi connectivity index (χ1v) is 4.06. The second-order valence-electron chi connectivity index (χ2n) is 2.58. The summed E-state index contributed by atoms with van der Waals surface area (Å²) in [4.78, 5) is 4.21. The molecular formula is C9H14N2O. The average molecular weight is 166 g/mol. The maximum atomic E-state index is 5.38. The molecular weight excluding hydrogens is 152 g/mol. The molecule has 0 aliphatic carbocycles. The highest BCUT2D eigenvalue weighted by Gasteiger charge is 1.94. The largest absolute Gasteiger partial charge is 0.495 e. The summed E-state index contributed by atoms with van der Waals surface area (Å²) in [6, 6.07) is 3.88. The topological polar surface area (TPSA) is 48.1 Å². The molecule has 0 saturated carbocycles. The fourth-order valence-corrected chi connectivity index (χ4v) is 0.963. The summed E-state index contributed by atoms with van der Waals surface area (Å²) in [5.41, 5.74) is 6.45. The monoisotopic (exact) mass is 166 g/mol. The van der Waals surface area contributed by atoms with Crippen LogP contribution in [0.3, 0.4) is 0 Å². The van der Waals surface area contributed by atoms with E-state index in [1.807, 2.05) is 12.1 Å². The molecule has 3 heteroatoms. The van der Waals surface area contributed by atoms with Crippen molar-refractivity contribution in [3.63, 3.8) is 0 Å². The molecule has 0 amide bonds. The zero-order valence-corrected chi connectivity index (χ0v) is 7.29. The number of nitrogens with two attached hydrogens (primary N) is 1. The number of hydrogen-bond donors (Lipinski definition) is 1. The Labute approximate surface area is 72.6 Å². The lowest BCUT2D eigenvalue weighted by Gasteiger charge is -2.00. The summed E-state index contributed by atoms with van der Waals surface area (Å²) in [5, 5.41) is 0. The lowest BCUT2D eigenvalue weighted by molar-refractivity contribution is 0.412. The molecule has 0 aromatic carbocycles. The lowest BCUT2D eigenvalue weighted by Crippen LogP contribution is -2.01. The Hall–Kier alpha value is -1.09. The Morgan fingerprint density at radius 1 is 1.50 bits per heavy atom. The molecule has 1 aromatic rings. The van der Waals surface area contributed by atoms with Gasteiger partial charge in [0.05, 0.1) is 13.3 Å². The third kappa shape index (κ3) is 2.51. The smallest absolute Gasteiger partial charge is 0.137 e. The van der Waals surface area contributed by atoms with Gasteiger partial charge in [-0.05, 0) is 31.5 Å². The molecule has 12 heavy (non-hydrogen) atoms. The van der Waals surface area contributed by atoms with Crippen LogP contribution in [-0.4, -0.2) is 18.6 Å². The fourth-order valence-electron chi connectivity index (χ4n) is 0.963. The van der Waals surface area contributed by atoms with E-state index in [1.165, 1.54) is 0 Å². The first-order chi connectivity index (χ1) is 5.86. The molecule has 0 radical (unpaired) electrons. The summed E-state index contributed by atoms with van der Waals surface area (Å²) in [7, 11) is 1.64. The fraction of sp³-hybridized carbons (Fsp3) is 0.444. The Bertz CT molecular complexity index is 220. The zero-order valence-electron chi connectivity index (χ0n) is 7.29. The van der Waals surface area contributed by atoms with Crippen LogP contribution in [-0.2, 0) is 6.42 Å². The van der Waals surface area contributed by atoms with E-state index in [0.717, 1.165) is 24.3 Å². The van der Waals surface area contributed by atoms with Gasteiger partial charge in [0.2, 0.25) is 0 Å². The van der Waals surface area contributed by atoms with Crippen LogP contribution >= 0.6 is 0 Å². The van der Waals surface area contributed by atoms with Gasteiger partial charge in [0.15, 0.2) is 0 Å². The van der Waals surface area contributed by atoms with Crippen LogP contribution in [0, 0.1) is 0 Å². The van der Waals surface area contributed by atoms with E-state index in [0.29, 0.717) is 6.54 Å². The molecule has 0 aliphatic rings. The minimum atomic E-state index is 0.716. The van der Waals surface area contributed by atoms with Gasteiger partial charge in [0.1, 0.15) is 5.75 Å². The third-order valence-electron chi connectivity index (χ3n) is 1.67. The van der Waals surface area contributed by atoms with Gasteiger partial charge in [-0.25, -0.2) is 0 Å². The highest BCUT2D eigenvalue weighted by Crippen LogP contribution is 2.08. The van der Waals surface area contributed by atoms with Crippen molar-refractivity contribution in [3.8, 4) is 5.75 Å². The molecule has 2 N–H and O–H groups in total. The number of nitrogens with zero attached hydrogens (tertiary/aromatic N) is 1. The Morgan fingerprint density at radius 2 is 2.33 bits per heavy atom. The van der Waals surface area contributed by atoms with Crippen molar-refractivity contribution in [3.05, 3.63) is 24.0 Å². The van der Waals surface area contributed by atoms with Crippen LogP contribution in [0.2, 0.25) is 0 Å². The van der Waals surface area contributed by atoms with E-state index < -0.39 is 0 Å². The number of pyridine rings is 1. The van der Waals surface area contributed by atoms with Crippen LogP contribution in [0.25, 0.3) is 0 Å². The Kier molecular flexibility index (Phi) is 3.54. The molecule has 66 valence electrons. The summed E-state index contributed by atoms with van der Waals surface area (Å²) in [6.07, 6.45) is 3.66. The standard InChI is InChI=1S/C9H14N2O/c1-12-9-5-4-8(11-7-9)3-2-6-10/h4-5,7H,2-3,6,10H2,1H3. The molecule has 1 rings (SSSR count). The molecule has 0 spiro atoms. The van der Waals surface area contributed by atoms with Crippen LogP contribution in [0.1, 0.15) is 12.1 Å². The van der Waals surface area contributed by atoms with Crippen LogP contribution < -0.4 is 10.5 Å².